The monoisotopic (exact) mass is 333 g/mol. The zero-order valence-corrected chi connectivity index (χ0v) is 14.8. The number of piperidine rings is 1. The first kappa shape index (κ1) is 15.7. The topological polar surface area (TPSA) is 28.2 Å². The minimum absolute atomic E-state index is 0.585. The summed E-state index contributed by atoms with van der Waals surface area (Å²) in [6.45, 7) is 7.43. The van der Waals surface area contributed by atoms with Gasteiger partial charge in [-0.2, -0.15) is 0 Å². The predicted molar refractivity (Wildman–Crippen MR) is 98.6 cm³/mol. The van der Waals surface area contributed by atoms with Crippen LogP contribution in [0.2, 0.25) is 0 Å². The predicted octanol–water partition coefficient (Wildman–Crippen LogP) is 4.01. The number of benzene rings is 1. The smallest absolute Gasteiger partial charge is 0.168 e. The molecule has 2 aromatic rings. The van der Waals surface area contributed by atoms with E-state index in [1.165, 1.54) is 9.71 Å². The lowest BCUT2D eigenvalue weighted by atomic mass is 9.98. The summed E-state index contributed by atoms with van der Waals surface area (Å²) in [5, 5.41) is 5.58. The lowest BCUT2D eigenvalue weighted by Gasteiger charge is -2.33. The Bertz CT molecular complexity index is 609. The zero-order chi connectivity index (χ0) is 15.5. The van der Waals surface area contributed by atoms with Gasteiger partial charge in [0.25, 0.3) is 0 Å². The first-order valence-electron chi connectivity index (χ1n) is 8.01. The third-order valence-corrected chi connectivity index (χ3v) is 5.70. The van der Waals surface area contributed by atoms with E-state index >= 15 is 0 Å². The van der Waals surface area contributed by atoms with Crippen molar-refractivity contribution in [2.75, 3.05) is 19.6 Å². The first-order valence-corrected chi connectivity index (χ1v) is 9.24. The molecule has 1 aliphatic heterocycles. The molecule has 0 spiro atoms. The van der Waals surface area contributed by atoms with Crippen LogP contribution in [0.3, 0.4) is 0 Å². The van der Waals surface area contributed by atoms with Gasteiger partial charge in [-0.05, 0) is 43.1 Å². The third kappa shape index (κ3) is 3.58. The minimum atomic E-state index is 0.585. The van der Waals surface area contributed by atoms with Gasteiger partial charge in [0.1, 0.15) is 0 Å². The van der Waals surface area contributed by atoms with Crippen molar-refractivity contribution >= 4 is 38.9 Å². The fourth-order valence-corrected chi connectivity index (χ4v) is 4.20. The van der Waals surface area contributed by atoms with E-state index in [2.05, 4.69) is 48.3 Å². The van der Waals surface area contributed by atoms with Gasteiger partial charge in [-0.3, -0.25) is 0 Å². The summed E-state index contributed by atoms with van der Waals surface area (Å²) in [6.07, 6.45) is 2.28. The Hall–Kier alpha value is -1.20. The molecule has 2 heterocycles. The summed E-state index contributed by atoms with van der Waals surface area (Å²) < 4.78 is 1.30. The molecule has 22 heavy (non-hydrogen) atoms. The molecule has 0 unspecified atom stereocenters. The molecule has 0 aliphatic carbocycles. The molecule has 0 bridgehead atoms. The van der Waals surface area contributed by atoms with Gasteiger partial charge in [-0.1, -0.05) is 26.0 Å². The number of thiazole rings is 1. The molecule has 0 saturated carbocycles. The molecule has 5 heteroatoms. The van der Waals surface area contributed by atoms with Crippen molar-refractivity contribution in [1.82, 2.24) is 15.2 Å². The minimum Gasteiger partial charge on any atom is -0.362 e. The van der Waals surface area contributed by atoms with Gasteiger partial charge < -0.3 is 10.2 Å². The molecule has 0 radical (unpaired) electrons. The van der Waals surface area contributed by atoms with Crippen molar-refractivity contribution in [2.24, 2.45) is 5.92 Å². The maximum Gasteiger partial charge on any atom is 0.168 e. The number of rotatable bonds is 3. The number of likely N-dealkylation sites (tertiary alicyclic amines) is 1. The molecule has 1 aliphatic rings. The van der Waals surface area contributed by atoms with Crippen LogP contribution in [0.4, 0.5) is 0 Å². The second-order valence-corrected chi connectivity index (χ2v) is 7.81. The SMILES string of the molecule is CC(C)CNC(=S)N1CCC(c2nc3ccccc3s2)CC1. The van der Waals surface area contributed by atoms with Crippen LogP contribution in [0.25, 0.3) is 10.2 Å². The van der Waals surface area contributed by atoms with Crippen molar-refractivity contribution < 1.29 is 0 Å². The van der Waals surface area contributed by atoms with Crippen molar-refractivity contribution in [2.45, 2.75) is 32.6 Å². The number of para-hydroxylation sites is 1. The fraction of sp³-hybridized carbons (Fsp3) is 0.529. The average molecular weight is 334 g/mol. The highest BCUT2D eigenvalue weighted by Gasteiger charge is 2.24. The van der Waals surface area contributed by atoms with E-state index in [1.54, 1.807) is 0 Å². The number of hydrogen-bond acceptors (Lipinski definition) is 3. The van der Waals surface area contributed by atoms with Gasteiger partial charge in [0.05, 0.1) is 15.2 Å². The molecule has 1 aromatic carbocycles. The Balaban J connectivity index is 1.58. The first-order chi connectivity index (χ1) is 10.6. The van der Waals surface area contributed by atoms with E-state index < -0.39 is 0 Å². The molecule has 3 nitrogen and oxygen atoms in total. The Kier molecular flexibility index (Phi) is 4.93. The van der Waals surface area contributed by atoms with Crippen molar-refractivity contribution in [3.63, 3.8) is 0 Å². The van der Waals surface area contributed by atoms with E-state index in [9.17, 15) is 0 Å². The van der Waals surface area contributed by atoms with Crippen LogP contribution >= 0.6 is 23.6 Å². The number of thiocarbonyl (C=S) groups is 1. The maximum atomic E-state index is 5.50. The fourth-order valence-electron chi connectivity index (χ4n) is 2.80. The summed E-state index contributed by atoms with van der Waals surface area (Å²) in [7, 11) is 0. The van der Waals surface area contributed by atoms with Crippen LogP contribution in [0.15, 0.2) is 24.3 Å². The van der Waals surface area contributed by atoms with E-state index in [0.29, 0.717) is 11.8 Å². The summed E-state index contributed by atoms with van der Waals surface area (Å²) >= 11 is 7.35. The summed E-state index contributed by atoms with van der Waals surface area (Å²) in [6, 6.07) is 8.42. The largest absolute Gasteiger partial charge is 0.362 e. The third-order valence-electron chi connectivity index (χ3n) is 4.10. The van der Waals surface area contributed by atoms with E-state index in [-0.39, 0.29) is 0 Å². The molecule has 118 valence electrons. The van der Waals surface area contributed by atoms with Crippen LogP contribution in [0.1, 0.15) is 37.6 Å². The Morgan fingerprint density at radius 1 is 1.36 bits per heavy atom. The molecule has 1 saturated heterocycles. The molecular weight excluding hydrogens is 310 g/mol. The molecule has 3 rings (SSSR count). The second kappa shape index (κ2) is 6.92. The highest BCUT2D eigenvalue weighted by molar-refractivity contribution is 7.80. The van der Waals surface area contributed by atoms with Crippen molar-refractivity contribution in [3.05, 3.63) is 29.3 Å². The molecule has 1 N–H and O–H groups in total. The van der Waals surface area contributed by atoms with Gasteiger partial charge in [-0.25, -0.2) is 4.98 Å². The second-order valence-electron chi connectivity index (χ2n) is 6.36. The van der Waals surface area contributed by atoms with Crippen LogP contribution in [0.5, 0.6) is 0 Å². The van der Waals surface area contributed by atoms with E-state index in [4.69, 9.17) is 17.2 Å². The number of aromatic nitrogens is 1. The molecule has 1 fully saturated rings. The number of fused-ring (bicyclic) bond motifs is 1. The molecule has 0 amide bonds. The summed E-state index contributed by atoms with van der Waals surface area (Å²) in [5.74, 6) is 1.21. The summed E-state index contributed by atoms with van der Waals surface area (Å²) in [4.78, 5) is 7.12. The Labute approximate surface area is 141 Å². The Morgan fingerprint density at radius 3 is 2.77 bits per heavy atom. The van der Waals surface area contributed by atoms with Gasteiger partial charge in [-0.15, -0.1) is 11.3 Å². The van der Waals surface area contributed by atoms with Crippen LogP contribution in [-0.2, 0) is 0 Å². The van der Waals surface area contributed by atoms with E-state index in [1.807, 2.05) is 11.3 Å². The lowest BCUT2D eigenvalue weighted by molar-refractivity contribution is 0.308. The van der Waals surface area contributed by atoms with Crippen LogP contribution in [-0.4, -0.2) is 34.6 Å². The highest BCUT2D eigenvalue weighted by atomic mass is 32.1. The van der Waals surface area contributed by atoms with Crippen LogP contribution < -0.4 is 5.32 Å². The molecule has 1 aromatic heterocycles. The van der Waals surface area contributed by atoms with Gasteiger partial charge in [0.15, 0.2) is 5.11 Å². The lowest BCUT2D eigenvalue weighted by Crippen LogP contribution is -2.44. The van der Waals surface area contributed by atoms with Crippen molar-refractivity contribution in [3.8, 4) is 0 Å². The number of hydrogen-bond donors (Lipinski definition) is 1. The number of nitrogens with one attached hydrogen (secondary N) is 1. The summed E-state index contributed by atoms with van der Waals surface area (Å²) in [5.41, 5.74) is 1.14. The quantitative estimate of drug-likeness (QED) is 0.859. The van der Waals surface area contributed by atoms with Crippen LogP contribution in [0, 0.1) is 5.92 Å². The molecule has 0 atom stereocenters. The normalized spacial score (nSPS) is 16.4. The Morgan fingerprint density at radius 2 is 2.09 bits per heavy atom. The molecular formula is C17H23N3S2. The van der Waals surface area contributed by atoms with Crippen molar-refractivity contribution in [1.29, 1.82) is 0 Å². The van der Waals surface area contributed by atoms with Gasteiger partial charge >= 0.3 is 0 Å². The standard InChI is InChI=1S/C17H23N3S2/c1-12(2)11-18-17(21)20-9-7-13(8-10-20)16-19-14-5-3-4-6-15(14)22-16/h3-6,12-13H,7-11H2,1-2H3,(H,18,21). The maximum absolute atomic E-state index is 5.50. The van der Waals surface area contributed by atoms with Gasteiger partial charge in [0, 0.05) is 25.6 Å². The highest BCUT2D eigenvalue weighted by Crippen LogP contribution is 2.33. The van der Waals surface area contributed by atoms with E-state index in [0.717, 1.165) is 43.1 Å². The average Bonchev–Trinajstić information content (AvgIpc) is 2.96. The number of nitrogens with zero attached hydrogens (tertiary/aromatic N) is 2. The zero-order valence-electron chi connectivity index (χ0n) is 13.2. The van der Waals surface area contributed by atoms with Gasteiger partial charge in [0.2, 0.25) is 0 Å².